The standard InChI is InChI=1S/C14H18ClN3S2/c1-2-11(18-7-5-16-6-8-18)14-17-10(9-19-14)12-3-4-13(15)20-12/h3-4,9,11,16H,2,5-8H2,1H3. The zero-order valence-electron chi connectivity index (χ0n) is 11.4. The van der Waals surface area contributed by atoms with Gasteiger partial charge in [-0.3, -0.25) is 4.90 Å². The highest BCUT2D eigenvalue weighted by molar-refractivity contribution is 7.19. The second kappa shape index (κ2) is 6.54. The number of nitrogens with zero attached hydrogens (tertiary/aromatic N) is 2. The van der Waals surface area contributed by atoms with E-state index in [4.69, 9.17) is 16.6 Å². The van der Waals surface area contributed by atoms with Crippen LogP contribution in [0, 0.1) is 0 Å². The molecule has 1 aliphatic rings. The van der Waals surface area contributed by atoms with Crippen LogP contribution in [0.15, 0.2) is 17.5 Å². The van der Waals surface area contributed by atoms with E-state index in [9.17, 15) is 0 Å². The minimum atomic E-state index is 0.450. The van der Waals surface area contributed by atoms with Crippen molar-refractivity contribution in [2.75, 3.05) is 26.2 Å². The van der Waals surface area contributed by atoms with Crippen LogP contribution in [0.3, 0.4) is 0 Å². The minimum absolute atomic E-state index is 0.450. The maximum atomic E-state index is 6.01. The van der Waals surface area contributed by atoms with Gasteiger partial charge in [0.15, 0.2) is 0 Å². The smallest absolute Gasteiger partial charge is 0.110 e. The topological polar surface area (TPSA) is 28.2 Å². The third-order valence-electron chi connectivity index (χ3n) is 3.61. The first kappa shape index (κ1) is 14.5. The number of nitrogens with one attached hydrogen (secondary N) is 1. The normalized spacial score (nSPS) is 18.3. The summed E-state index contributed by atoms with van der Waals surface area (Å²) >= 11 is 9.37. The summed E-state index contributed by atoms with van der Waals surface area (Å²) in [5, 5.41) is 6.79. The molecular weight excluding hydrogens is 310 g/mol. The third-order valence-corrected chi connectivity index (χ3v) is 5.81. The van der Waals surface area contributed by atoms with Gasteiger partial charge in [0.25, 0.3) is 0 Å². The Morgan fingerprint density at radius 1 is 1.40 bits per heavy atom. The lowest BCUT2D eigenvalue weighted by Gasteiger charge is -2.33. The number of rotatable bonds is 4. The van der Waals surface area contributed by atoms with Crippen LogP contribution in [0.2, 0.25) is 4.34 Å². The van der Waals surface area contributed by atoms with E-state index in [1.807, 2.05) is 6.07 Å². The predicted molar refractivity (Wildman–Crippen MR) is 87.9 cm³/mol. The highest BCUT2D eigenvalue weighted by Gasteiger charge is 2.23. The van der Waals surface area contributed by atoms with Crippen molar-refractivity contribution in [2.45, 2.75) is 19.4 Å². The molecule has 0 aromatic carbocycles. The molecule has 1 atom stereocenters. The Kier molecular flexibility index (Phi) is 4.73. The molecular formula is C14H18ClN3S2. The van der Waals surface area contributed by atoms with Gasteiger partial charge in [-0.1, -0.05) is 18.5 Å². The van der Waals surface area contributed by atoms with E-state index < -0.39 is 0 Å². The quantitative estimate of drug-likeness (QED) is 0.923. The van der Waals surface area contributed by atoms with Gasteiger partial charge < -0.3 is 5.32 Å². The van der Waals surface area contributed by atoms with Crippen LogP contribution in [0.25, 0.3) is 10.6 Å². The highest BCUT2D eigenvalue weighted by atomic mass is 35.5. The number of piperazine rings is 1. The monoisotopic (exact) mass is 327 g/mol. The lowest BCUT2D eigenvalue weighted by atomic mass is 10.2. The maximum Gasteiger partial charge on any atom is 0.110 e. The van der Waals surface area contributed by atoms with Crippen molar-refractivity contribution < 1.29 is 0 Å². The Hall–Kier alpha value is -0.460. The summed E-state index contributed by atoms with van der Waals surface area (Å²) in [6.07, 6.45) is 1.11. The van der Waals surface area contributed by atoms with Crippen LogP contribution in [-0.4, -0.2) is 36.1 Å². The van der Waals surface area contributed by atoms with E-state index in [0.29, 0.717) is 6.04 Å². The van der Waals surface area contributed by atoms with Crippen LogP contribution in [0.5, 0.6) is 0 Å². The number of hydrogen-bond donors (Lipinski definition) is 1. The average Bonchev–Trinajstić information content (AvgIpc) is 3.10. The van der Waals surface area contributed by atoms with Crippen LogP contribution in [0.1, 0.15) is 24.4 Å². The summed E-state index contributed by atoms with van der Waals surface area (Å²) in [5.41, 5.74) is 1.07. The van der Waals surface area contributed by atoms with Gasteiger partial charge in [-0.05, 0) is 18.6 Å². The molecule has 0 radical (unpaired) electrons. The summed E-state index contributed by atoms with van der Waals surface area (Å²) in [5.74, 6) is 0. The van der Waals surface area contributed by atoms with Crippen LogP contribution in [0.4, 0.5) is 0 Å². The zero-order valence-corrected chi connectivity index (χ0v) is 13.8. The van der Waals surface area contributed by atoms with Gasteiger partial charge in [0, 0.05) is 31.6 Å². The molecule has 3 rings (SSSR count). The Balaban J connectivity index is 1.80. The van der Waals surface area contributed by atoms with Gasteiger partial charge in [0.1, 0.15) is 5.01 Å². The summed E-state index contributed by atoms with van der Waals surface area (Å²) < 4.78 is 0.823. The van der Waals surface area contributed by atoms with Crippen molar-refractivity contribution in [2.24, 2.45) is 0 Å². The first-order chi connectivity index (χ1) is 9.78. The molecule has 1 saturated heterocycles. The van der Waals surface area contributed by atoms with Crippen LogP contribution in [-0.2, 0) is 0 Å². The van der Waals surface area contributed by atoms with Crippen LogP contribution < -0.4 is 5.32 Å². The Bertz CT molecular complexity index is 560. The summed E-state index contributed by atoms with van der Waals surface area (Å²) in [7, 11) is 0. The fourth-order valence-electron chi connectivity index (χ4n) is 2.59. The van der Waals surface area contributed by atoms with Gasteiger partial charge in [0.2, 0.25) is 0 Å². The molecule has 0 bridgehead atoms. The largest absolute Gasteiger partial charge is 0.314 e. The van der Waals surface area contributed by atoms with Crippen molar-refractivity contribution in [3.05, 3.63) is 26.9 Å². The first-order valence-corrected chi connectivity index (χ1v) is 9.01. The van der Waals surface area contributed by atoms with E-state index in [-0.39, 0.29) is 0 Å². The summed E-state index contributed by atoms with van der Waals surface area (Å²) in [4.78, 5) is 8.55. The molecule has 20 heavy (non-hydrogen) atoms. The Morgan fingerprint density at radius 2 is 2.20 bits per heavy atom. The van der Waals surface area contributed by atoms with E-state index in [1.54, 1.807) is 22.7 Å². The number of thiophene rings is 1. The molecule has 3 nitrogen and oxygen atoms in total. The average molecular weight is 328 g/mol. The molecule has 2 aromatic rings. The lowest BCUT2D eigenvalue weighted by molar-refractivity contribution is 0.169. The molecule has 2 aromatic heterocycles. The molecule has 1 unspecified atom stereocenters. The van der Waals surface area contributed by atoms with E-state index in [2.05, 4.69) is 28.6 Å². The first-order valence-electron chi connectivity index (χ1n) is 6.94. The van der Waals surface area contributed by atoms with Crippen molar-refractivity contribution in [1.82, 2.24) is 15.2 Å². The fraction of sp³-hybridized carbons (Fsp3) is 0.500. The van der Waals surface area contributed by atoms with Gasteiger partial charge >= 0.3 is 0 Å². The summed E-state index contributed by atoms with van der Waals surface area (Å²) in [6.45, 7) is 6.62. The second-order valence-corrected chi connectivity index (χ2v) is 7.49. The molecule has 6 heteroatoms. The Morgan fingerprint density at radius 3 is 2.85 bits per heavy atom. The van der Waals surface area contributed by atoms with Gasteiger partial charge in [0.05, 0.1) is 20.9 Å². The lowest BCUT2D eigenvalue weighted by Crippen LogP contribution is -2.45. The van der Waals surface area contributed by atoms with Crippen molar-refractivity contribution in [1.29, 1.82) is 0 Å². The van der Waals surface area contributed by atoms with E-state index in [0.717, 1.165) is 47.5 Å². The molecule has 1 fully saturated rings. The predicted octanol–water partition coefficient (Wildman–Crippen LogP) is 3.88. The zero-order chi connectivity index (χ0) is 13.9. The molecule has 0 spiro atoms. The molecule has 0 saturated carbocycles. The number of aromatic nitrogens is 1. The van der Waals surface area contributed by atoms with Crippen molar-refractivity contribution >= 4 is 34.3 Å². The molecule has 108 valence electrons. The SMILES string of the molecule is CCC(c1nc(-c2ccc(Cl)s2)cs1)N1CCNCC1. The van der Waals surface area contributed by atoms with Crippen LogP contribution >= 0.6 is 34.3 Å². The molecule has 1 aliphatic heterocycles. The molecule has 1 N–H and O–H groups in total. The molecule has 0 amide bonds. The number of halogens is 1. The van der Waals surface area contributed by atoms with Crippen molar-refractivity contribution in [3.63, 3.8) is 0 Å². The van der Waals surface area contributed by atoms with E-state index in [1.165, 1.54) is 5.01 Å². The number of hydrogen-bond acceptors (Lipinski definition) is 5. The number of thiazole rings is 1. The summed E-state index contributed by atoms with van der Waals surface area (Å²) in [6, 6.07) is 4.44. The maximum absolute atomic E-state index is 6.01. The molecule has 0 aliphatic carbocycles. The van der Waals surface area contributed by atoms with Gasteiger partial charge in [-0.25, -0.2) is 4.98 Å². The fourth-order valence-corrected chi connectivity index (χ4v) is 4.70. The van der Waals surface area contributed by atoms with Gasteiger partial charge in [-0.15, -0.1) is 22.7 Å². The minimum Gasteiger partial charge on any atom is -0.314 e. The second-order valence-electron chi connectivity index (χ2n) is 4.88. The van der Waals surface area contributed by atoms with E-state index >= 15 is 0 Å². The third kappa shape index (κ3) is 3.07. The van der Waals surface area contributed by atoms with Gasteiger partial charge in [-0.2, -0.15) is 0 Å². The highest BCUT2D eigenvalue weighted by Crippen LogP contribution is 2.34. The van der Waals surface area contributed by atoms with Crippen molar-refractivity contribution in [3.8, 4) is 10.6 Å². The Labute approximate surface area is 132 Å². The molecule has 3 heterocycles.